The minimum atomic E-state index is -0.198. The number of hydrogen-bond donors (Lipinski definition) is 1. The minimum absolute atomic E-state index is 0.0522. The molecule has 0 aliphatic heterocycles. The SMILES string of the molecule is COC(=O)Cc1ccccc1CNC(C)(C)CC(C)(C)C. The molecule has 1 rings (SSSR count). The fourth-order valence-corrected chi connectivity index (χ4v) is 2.85. The zero-order chi connectivity index (χ0) is 16.1. The summed E-state index contributed by atoms with van der Waals surface area (Å²) in [5.41, 5.74) is 2.52. The highest BCUT2D eigenvalue weighted by Gasteiger charge is 2.25. The van der Waals surface area contributed by atoms with Crippen molar-refractivity contribution in [3.63, 3.8) is 0 Å². The van der Waals surface area contributed by atoms with E-state index in [1.165, 1.54) is 7.11 Å². The monoisotopic (exact) mass is 291 g/mol. The Bertz CT molecular complexity index is 472. The number of benzene rings is 1. The van der Waals surface area contributed by atoms with Crippen molar-refractivity contribution < 1.29 is 9.53 Å². The molecule has 0 fully saturated rings. The molecule has 0 heterocycles. The van der Waals surface area contributed by atoms with Crippen LogP contribution in [-0.2, 0) is 22.5 Å². The lowest BCUT2D eigenvalue weighted by Gasteiger charge is -2.33. The minimum Gasteiger partial charge on any atom is -0.469 e. The Kier molecular flexibility index (Phi) is 5.97. The number of esters is 1. The van der Waals surface area contributed by atoms with Crippen molar-refractivity contribution in [2.24, 2.45) is 5.41 Å². The standard InChI is InChI=1S/C18H29NO2/c1-17(2,3)13-18(4,5)19-12-15-10-8-7-9-14(15)11-16(20)21-6/h7-10,19H,11-13H2,1-6H3. The van der Waals surface area contributed by atoms with Gasteiger partial charge in [-0.1, -0.05) is 45.0 Å². The van der Waals surface area contributed by atoms with Crippen molar-refractivity contribution in [2.75, 3.05) is 7.11 Å². The maximum Gasteiger partial charge on any atom is 0.309 e. The second-order valence-corrected chi connectivity index (χ2v) is 7.50. The molecule has 0 unspecified atom stereocenters. The third-order valence-corrected chi connectivity index (χ3v) is 3.41. The van der Waals surface area contributed by atoms with E-state index in [1.807, 2.05) is 18.2 Å². The first-order chi connectivity index (χ1) is 9.63. The van der Waals surface area contributed by atoms with Gasteiger partial charge < -0.3 is 10.1 Å². The van der Waals surface area contributed by atoms with Crippen molar-refractivity contribution in [2.45, 2.75) is 59.5 Å². The van der Waals surface area contributed by atoms with Crippen LogP contribution in [-0.4, -0.2) is 18.6 Å². The van der Waals surface area contributed by atoms with Crippen LogP contribution >= 0.6 is 0 Å². The van der Waals surface area contributed by atoms with E-state index in [0.717, 1.165) is 24.1 Å². The molecule has 21 heavy (non-hydrogen) atoms. The summed E-state index contributed by atoms with van der Waals surface area (Å²) in [7, 11) is 1.43. The molecule has 0 amide bonds. The molecule has 0 saturated carbocycles. The average molecular weight is 291 g/mol. The summed E-state index contributed by atoms with van der Waals surface area (Å²) in [4.78, 5) is 11.5. The molecule has 0 bridgehead atoms. The molecule has 118 valence electrons. The molecule has 0 aliphatic rings. The first-order valence-electron chi connectivity index (χ1n) is 7.52. The Morgan fingerprint density at radius 1 is 1.10 bits per heavy atom. The lowest BCUT2D eigenvalue weighted by atomic mass is 9.81. The van der Waals surface area contributed by atoms with Gasteiger partial charge in [-0.15, -0.1) is 0 Å². The molecule has 1 N–H and O–H groups in total. The first-order valence-corrected chi connectivity index (χ1v) is 7.52. The van der Waals surface area contributed by atoms with Crippen molar-refractivity contribution in [1.29, 1.82) is 0 Å². The third-order valence-electron chi connectivity index (χ3n) is 3.41. The summed E-state index contributed by atoms with van der Waals surface area (Å²) in [5, 5.41) is 3.61. The van der Waals surface area contributed by atoms with Gasteiger partial charge >= 0.3 is 5.97 Å². The van der Waals surface area contributed by atoms with E-state index in [-0.39, 0.29) is 16.9 Å². The van der Waals surface area contributed by atoms with Gasteiger partial charge in [-0.05, 0) is 36.8 Å². The van der Waals surface area contributed by atoms with Gasteiger partial charge in [0.1, 0.15) is 0 Å². The number of ether oxygens (including phenoxy) is 1. The Morgan fingerprint density at radius 3 is 2.19 bits per heavy atom. The van der Waals surface area contributed by atoms with Gasteiger partial charge in [0.05, 0.1) is 13.5 Å². The van der Waals surface area contributed by atoms with E-state index < -0.39 is 0 Å². The van der Waals surface area contributed by atoms with Gasteiger partial charge in [0, 0.05) is 12.1 Å². The lowest BCUT2D eigenvalue weighted by molar-refractivity contribution is -0.139. The zero-order valence-corrected chi connectivity index (χ0v) is 14.2. The van der Waals surface area contributed by atoms with Crippen molar-refractivity contribution in [1.82, 2.24) is 5.32 Å². The summed E-state index contributed by atoms with van der Waals surface area (Å²) in [5.74, 6) is -0.198. The third kappa shape index (κ3) is 6.76. The highest BCUT2D eigenvalue weighted by molar-refractivity contribution is 5.72. The number of rotatable bonds is 6. The molecule has 0 aliphatic carbocycles. The summed E-state index contributed by atoms with van der Waals surface area (Å²) >= 11 is 0. The Hall–Kier alpha value is -1.35. The maximum atomic E-state index is 11.5. The first kappa shape index (κ1) is 17.7. The summed E-state index contributed by atoms with van der Waals surface area (Å²) in [6.45, 7) is 12.0. The fraction of sp³-hybridized carbons (Fsp3) is 0.611. The van der Waals surface area contributed by atoms with E-state index in [4.69, 9.17) is 4.74 Å². The molecule has 1 aromatic carbocycles. The largest absolute Gasteiger partial charge is 0.469 e. The van der Waals surface area contributed by atoms with E-state index in [9.17, 15) is 4.79 Å². The highest BCUT2D eigenvalue weighted by atomic mass is 16.5. The zero-order valence-electron chi connectivity index (χ0n) is 14.2. The maximum absolute atomic E-state index is 11.5. The predicted octanol–water partition coefficient (Wildman–Crippen LogP) is 3.71. The quantitative estimate of drug-likeness (QED) is 0.812. The number of nitrogens with one attached hydrogen (secondary N) is 1. The molecular weight excluding hydrogens is 262 g/mol. The fourth-order valence-electron chi connectivity index (χ4n) is 2.85. The molecule has 1 aromatic rings. The molecule has 0 aromatic heterocycles. The Labute approximate surface area is 129 Å². The Balaban J connectivity index is 2.73. The van der Waals surface area contributed by atoms with Crippen molar-refractivity contribution >= 4 is 5.97 Å². The van der Waals surface area contributed by atoms with Crippen LogP contribution in [0.15, 0.2) is 24.3 Å². The smallest absolute Gasteiger partial charge is 0.309 e. The van der Waals surface area contributed by atoms with Crippen LogP contribution in [0.1, 0.15) is 52.2 Å². The number of methoxy groups -OCH3 is 1. The van der Waals surface area contributed by atoms with E-state index in [2.05, 4.69) is 46.0 Å². The average Bonchev–Trinajstić information content (AvgIpc) is 2.35. The number of carbonyl (C=O) groups excluding carboxylic acids is 1. The van der Waals surface area contributed by atoms with E-state index in [1.54, 1.807) is 0 Å². The summed E-state index contributed by atoms with van der Waals surface area (Å²) in [6.07, 6.45) is 1.41. The normalized spacial score (nSPS) is 12.3. The predicted molar refractivity (Wildman–Crippen MR) is 87.2 cm³/mol. The van der Waals surface area contributed by atoms with E-state index >= 15 is 0 Å². The van der Waals surface area contributed by atoms with Crippen LogP contribution in [0, 0.1) is 5.41 Å². The molecule has 0 radical (unpaired) electrons. The second kappa shape index (κ2) is 7.08. The van der Waals surface area contributed by atoms with Gasteiger partial charge in [-0.2, -0.15) is 0 Å². The van der Waals surface area contributed by atoms with Gasteiger partial charge in [-0.3, -0.25) is 4.79 Å². The van der Waals surface area contributed by atoms with Crippen LogP contribution in [0.25, 0.3) is 0 Å². The molecule has 3 heteroatoms. The van der Waals surface area contributed by atoms with Crippen LogP contribution in [0.4, 0.5) is 0 Å². The topological polar surface area (TPSA) is 38.3 Å². The van der Waals surface area contributed by atoms with Crippen LogP contribution in [0.3, 0.4) is 0 Å². The molecule has 0 saturated heterocycles. The van der Waals surface area contributed by atoms with Gasteiger partial charge in [0.25, 0.3) is 0 Å². The summed E-state index contributed by atoms with van der Waals surface area (Å²) in [6, 6.07) is 8.03. The molecule has 0 spiro atoms. The number of hydrogen-bond acceptors (Lipinski definition) is 3. The van der Waals surface area contributed by atoms with Crippen molar-refractivity contribution in [3.05, 3.63) is 35.4 Å². The van der Waals surface area contributed by atoms with Gasteiger partial charge in [0.15, 0.2) is 0 Å². The second-order valence-electron chi connectivity index (χ2n) is 7.50. The molecule has 3 nitrogen and oxygen atoms in total. The molecular formula is C18H29NO2. The number of carbonyl (C=O) groups is 1. The highest BCUT2D eigenvalue weighted by Crippen LogP contribution is 2.27. The lowest BCUT2D eigenvalue weighted by Crippen LogP contribution is -2.42. The Morgan fingerprint density at radius 2 is 1.67 bits per heavy atom. The van der Waals surface area contributed by atoms with E-state index in [0.29, 0.717) is 6.42 Å². The van der Waals surface area contributed by atoms with Gasteiger partial charge in [-0.25, -0.2) is 0 Å². The van der Waals surface area contributed by atoms with Crippen LogP contribution < -0.4 is 5.32 Å². The van der Waals surface area contributed by atoms with Crippen LogP contribution in [0.2, 0.25) is 0 Å². The van der Waals surface area contributed by atoms with Gasteiger partial charge in [0.2, 0.25) is 0 Å². The van der Waals surface area contributed by atoms with Crippen LogP contribution in [0.5, 0.6) is 0 Å². The van der Waals surface area contributed by atoms with Crippen molar-refractivity contribution in [3.8, 4) is 0 Å². The molecule has 0 atom stereocenters. The summed E-state index contributed by atoms with van der Waals surface area (Å²) < 4.78 is 4.76.